The first-order chi connectivity index (χ1) is 8.61. The van der Waals surface area contributed by atoms with E-state index in [0.717, 1.165) is 36.1 Å². The van der Waals surface area contributed by atoms with Crippen LogP contribution in [0.5, 0.6) is 0 Å². The number of rotatable bonds is 4. The molecule has 1 aromatic heterocycles. The molecular formula is C13H21BrN2OS. The van der Waals surface area contributed by atoms with Crippen molar-refractivity contribution in [3.8, 4) is 0 Å². The third kappa shape index (κ3) is 3.33. The van der Waals surface area contributed by atoms with E-state index in [9.17, 15) is 5.11 Å². The highest BCUT2D eigenvalue weighted by Gasteiger charge is 2.29. The van der Waals surface area contributed by atoms with Crippen LogP contribution in [-0.4, -0.2) is 35.2 Å². The molecule has 1 aliphatic heterocycles. The van der Waals surface area contributed by atoms with E-state index >= 15 is 0 Å². The van der Waals surface area contributed by atoms with Crippen LogP contribution in [0.1, 0.15) is 37.1 Å². The molecule has 0 aromatic carbocycles. The first kappa shape index (κ1) is 14.5. The Hall–Kier alpha value is 0.0600. The van der Waals surface area contributed by atoms with Crippen molar-refractivity contribution in [1.29, 1.82) is 0 Å². The van der Waals surface area contributed by atoms with Crippen LogP contribution >= 0.6 is 27.3 Å². The number of nitrogens with two attached hydrogens (primary N) is 1. The van der Waals surface area contributed by atoms with Gasteiger partial charge >= 0.3 is 0 Å². The predicted octanol–water partition coefficient (Wildman–Crippen LogP) is 2.75. The number of halogens is 1. The first-order valence-corrected chi connectivity index (χ1v) is 8.15. The van der Waals surface area contributed by atoms with Gasteiger partial charge in [0.2, 0.25) is 0 Å². The third-order valence-corrected chi connectivity index (χ3v) is 5.35. The van der Waals surface area contributed by atoms with Crippen molar-refractivity contribution in [2.24, 2.45) is 5.73 Å². The van der Waals surface area contributed by atoms with Gasteiger partial charge in [-0.25, -0.2) is 0 Å². The SMILES string of the molecule is CCC(N)C(c1ccc(Br)s1)N1CCC(O)CC1. The lowest BCUT2D eigenvalue weighted by atomic mass is 9.99. The Morgan fingerprint density at radius 1 is 1.50 bits per heavy atom. The summed E-state index contributed by atoms with van der Waals surface area (Å²) in [6.07, 6.45) is 2.56. The molecule has 1 aliphatic rings. The second-order valence-corrected chi connectivity index (χ2v) is 7.42. The molecule has 3 nitrogen and oxygen atoms in total. The maximum atomic E-state index is 9.62. The minimum absolute atomic E-state index is 0.130. The zero-order valence-corrected chi connectivity index (χ0v) is 13.1. The highest BCUT2D eigenvalue weighted by molar-refractivity contribution is 9.11. The van der Waals surface area contributed by atoms with Crippen molar-refractivity contribution < 1.29 is 5.11 Å². The number of hydrogen-bond acceptors (Lipinski definition) is 4. The van der Waals surface area contributed by atoms with Gasteiger partial charge in [0.1, 0.15) is 0 Å². The number of hydrogen-bond donors (Lipinski definition) is 2. The van der Waals surface area contributed by atoms with Crippen LogP contribution in [0.15, 0.2) is 15.9 Å². The quantitative estimate of drug-likeness (QED) is 0.891. The number of nitrogens with zero attached hydrogens (tertiary/aromatic N) is 1. The minimum atomic E-state index is -0.130. The average Bonchev–Trinajstić information content (AvgIpc) is 2.78. The van der Waals surface area contributed by atoms with Crippen LogP contribution in [0.3, 0.4) is 0 Å². The Labute approximate surface area is 121 Å². The largest absolute Gasteiger partial charge is 0.393 e. The molecule has 2 atom stereocenters. The third-order valence-electron chi connectivity index (χ3n) is 3.65. The summed E-state index contributed by atoms with van der Waals surface area (Å²) in [6.45, 7) is 4.02. The second kappa shape index (κ2) is 6.48. The molecule has 0 amide bonds. The maximum Gasteiger partial charge on any atom is 0.0702 e. The standard InChI is InChI=1S/C13H21BrN2OS/c1-2-10(15)13(11-3-4-12(14)18-11)16-7-5-9(17)6-8-16/h3-4,9-10,13,17H,2,5-8,15H2,1H3. The molecule has 3 N–H and O–H groups in total. The normalized spacial score (nSPS) is 22.0. The van der Waals surface area contributed by atoms with E-state index < -0.39 is 0 Å². The van der Waals surface area contributed by atoms with Crippen molar-refractivity contribution in [3.05, 3.63) is 20.8 Å². The fraction of sp³-hybridized carbons (Fsp3) is 0.692. The molecule has 1 aromatic rings. The Balaban J connectivity index is 2.15. The van der Waals surface area contributed by atoms with Gasteiger partial charge in [0.25, 0.3) is 0 Å². The van der Waals surface area contributed by atoms with Crippen molar-refractivity contribution in [2.45, 2.75) is 44.4 Å². The van der Waals surface area contributed by atoms with Crippen molar-refractivity contribution >= 4 is 27.3 Å². The van der Waals surface area contributed by atoms with E-state index in [4.69, 9.17) is 5.73 Å². The molecule has 2 unspecified atom stereocenters. The molecule has 1 saturated heterocycles. The van der Waals surface area contributed by atoms with Crippen LogP contribution in [0.4, 0.5) is 0 Å². The van der Waals surface area contributed by atoms with Crippen LogP contribution in [0, 0.1) is 0 Å². The van der Waals surface area contributed by atoms with E-state index in [2.05, 4.69) is 39.9 Å². The Kier molecular flexibility index (Phi) is 5.21. The van der Waals surface area contributed by atoms with Gasteiger partial charge < -0.3 is 10.8 Å². The summed E-state index contributed by atoms with van der Waals surface area (Å²) in [7, 11) is 0. The molecule has 0 spiro atoms. The molecule has 5 heteroatoms. The Morgan fingerprint density at radius 2 is 2.17 bits per heavy atom. The van der Waals surface area contributed by atoms with Crippen LogP contribution < -0.4 is 5.73 Å². The van der Waals surface area contributed by atoms with Gasteiger partial charge in [-0.1, -0.05) is 6.92 Å². The molecule has 102 valence electrons. The molecule has 0 radical (unpaired) electrons. The molecule has 0 aliphatic carbocycles. The zero-order chi connectivity index (χ0) is 13.1. The lowest BCUT2D eigenvalue weighted by Gasteiger charge is -2.38. The topological polar surface area (TPSA) is 49.5 Å². The molecule has 1 fully saturated rings. The zero-order valence-electron chi connectivity index (χ0n) is 10.7. The van der Waals surface area contributed by atoms with Gasteiger partial charge in [-0.2, -0.15) is 0 Å². The fourth-order valence-corrected chi connectivity index (χ4v) is 4.17. The van der Waals surface area contributed by atoms with Gasteiger partial charge in [0.15, 0.2) is 0 Å². The lowest BCUT2D eigenvalue weighted by molar-refractivity contribution is 0.0539. The molecule has 2 rings (SSSR count). The summed E-state index contributed by atoms with van der Waals surface area (Å²) < 4.78 is 1.16. The Morgan fingerprint density at radius 3 is 2.67 bits per heavy atom. The van der Waals surface area contributed by atoms with Crippen LogP contribution in [0.2, 0.25) is 0 Å². The molecule has 0 saturated carbocycles. The fourth-order valence-electron chi connectivity index (χ4n) is 2.54. The number of piperidine rings is 1. The number of aliphatic hydroxyl groups is 1. The maximum absolute atomic E-state index is 9.62. The van der Waals surface area contributed by atoms with E-state index in [0.29, 0.717) is 6.04 Å². The molecule has 2 heterocycles. The summed E-state index contributed by atoms with van der Waals surface area (Å²) >= 11 is 5.29. The van der Waals surface area contributed by atoms with Gasteiger partial charge in [0.05, 0.1) is 15.9 Å². The smallest absolute Gasteiger partial charge is 0.0702 e. The summed E-state index contributed by atoms with van der Waals surface area (Å²) in [5.74, 6) is 0. The summed E-state index contributed by atoms with van der Waals surface area (Å²) in [5.41, 5.74) is 6.31. The monoisotopic (exact) mass is 332 g/mol. The van der Waals surface area contributed by atoms with E-state index in [1.807, 2.05) is 0 Å². The second-order valence-electron chi connectivity index (χ2n) is 4.93. The van der Waals surface area contributed by atoms with Crippen LogP contribution in [-0.2, 0) is 0 Å². The highest BCUT2D eigenvalue weighted by Crippen LogP contribution is 2.34. The van der Waals surface area contributed by atoms with Gasteiger partial charge in [-0.3, -0.25) is 4.90 Å². The van der Waals surface area contributed by atoms with Gasteiger partial charge in [-0.15, -0.1) is 11.3 Å². The van der Waals surface area contributed by atoms with Crippen molar-refractivity contribution in [2.75, 3.05) is 13.1 Å². The predicted molar refractivity (Wildman–Crippen MR) is 79.8 cm³/mol. The summed E-state index contributed by atoms with van der Waals surface area (Å²) in [5, 5.41) is 9.62. The Bertz CT molecular complexity index is 377. The molecule has 18 heavy (non-hydrogen) atoms. The highest BCUT2D eigenvalue weighted by atomic mass is 79.9. The summed E-state index contributed by atoms with van der Waals surface area (Å²) in [4.78, 5) is 3.76. The lowest BCUT2D eigenvalue weighted by Crippen LogP contribution is -2.45. The minimum Gasteiger partial charge on any atom is -0.393 e. The van der Waals surface area contributed by atoms with Crippen molar-refractivity contribution in [1.82, 2.24) is 4.90 Å². The number of likely N-dealkylation sites (tertiary alicyclic amines) is 1. The summed E-state index contributed by atoms with van der Waals surface area (Å²) in [6, 6.07) is 4.71. The van der Waals surface area contributed by atoms with E-state index in [1.165, 1.54) is 4.88 Å². The van der Waals surface area contributed by atoms with Gasteiger partial charge in [-0.05, 0) is 47.3 Å². The number of thiophene rings is 1. The van der Waals surface area contributed by atoms with E-state index in [1.54, 1.807) is 11.3 Å². The van der Waals surface area contributed by atoms with Crippen molar-refractivity contribution in [3.63, 3.8) is 0 Å². The number of aliphatic hydroxyl groups excluding tert-OH is 1. The van der Waals surface area contributed by atoms with Gasteiger partial charge in [0, 0.05) is 24.0 Å². The van der Waals surface area contributed by atoms with E-state index in [-0.39, 0.29) is 12.1 Å². The first-order valence-electron chi connectivity index (χ1n) is 6.54. The average molecular weight is 333 g/mol. The van der Waals surface area contributed by atoms with Crippen LogP contribution in [0.25, 0.3) is 0 Å². The molecular weight excluding hydrogens is 312 g/mol. The molecule has 0 bridgehead atoms.